The van der Waals surface area contributed by atoms with Gasteiger partial charge in [0, 0.05) is 32.3 Å². The average Bonchev–Trinajstić information content (AvgIpc) is 2.69. The van der Waals surface area contributed by atoms with E-state index < -0.39 is 12.0 Å². The van der Waals surface area contributed by atoms with Crippen LogP contribution in [0.3, 0.4) is 0 Å². The Morgan fingerprint density at radius 1 is 1.65 bits per heavy atom. The molecule has 2 N–H and O–H groups in total. The van der Waals surface area contributed by atoms with Gasteiger partial charge in [0.15, 0.2) is 6.04 Å². The van der Waals surface area contributed by atoms with Crippen LogP contribution in [0.5, 0.6) is 0 Å². The fourth-order valence-corrected chi connectivity index (χ4v) is 1.30. The largest absolute Gasteiger partial charge is 0.479 e. The Kier molecular flexibility index (Phi) is 4.65. The summed E-state index contributed by atoms with van der Waals surface area (Å²) >= 11 is 0. The Balaban J connectivity index is 2.67. The molecule has 0 spiro atoms. The summed E-state index contributed by atoms with van der Waals surface area (Å²) in [6.07, 6.45) is 3.09. The zero-order valence-electron chi connectivity index (χ0n) is 9.71. The summed E-state index contributed by atoms with van der Waals surface area (Å²) in [4.78, 5) is 22.5. The molecule has 0 aliphatic rings. The fraction of sp³-hybridized carbons (Fsp3) is 0.500. The molecule has 1 unspecified atom stereocenters. The zero-order chi connectivity index (χ0) is 12.8. The topological polar surface area (TPSA) is 93.4 Å². The molecule has 94 valence electrons. The van der Waals surface area contributed by atoms with E-state index in [0.29, 0.717) is 5.56 Å². The lowest BCUT2D eigenvalue weighted by Crippen LogP contribution is -2.34. The van der Waals surface area contributed by atoms with Crippen LogP contribution in [0, 0.1) is 0 Å². The van der Waals surface area contributed by atoms with E-state index in [1.54, 1.807) is 13.2 Å². The summed E-state index contributed by atoms with van der Waals surface area (Å²) in [5.41, 5.74) is 0.436. The van der Waals surface area contributed by atoms with Gasteiger partial charge in [0.2, 0.25) is 5.91 Å². The van der Waals surface area contributed by atoms with Crippen LogP contribution in [0.4, 0.5) is 0 Å². The molecule has 1 aromatic heterocycles. The first-order valence-electron chi connectivity index (χ1n) is 5.04. The normalized spacial score (nSPS) is 12.1. The van der Waals surface area contributed by atoms with Gasteiger partial charge >= 0.3 is 5.97 Å². The minimum atomic E-state index is -1.12. The highest BCUT2D eigenvalue weighted by Crippen LogP contribution is 2.11. The van der Waals surface area contributed by atoms with Crippen molar-refractivity contribution in [2.45, 2.75) is 12.5 Å². The molecular formula is C10H15N3O4. The van der Waals surface area contributed by atoms with Gasteiger partial charge in [0.1, 0.15) is 0 Å². The minimum Gasteiger partial charge on any atom is -0.479 e. The summed E-state index contributed by atoms with van der Waals surface area (Å²) in [7, 11) is 3.15. The molecule has 0 saturated carbocycles. The lowest BCUT2D eigenvalue weighted by Gasteiger charge is -2.12. The quantitative estimate of drug-likeness (QED) is 0.713. The molecule has 1 atom stereocenters. The molecule has 0 aromatic carbocycles. The number of carbonyl (C=O) groups is 2. The highest BCUT2D eigenvalue weighted by atomic mass is 16.5. The van der Waals surface area contributed by atoms with Crippen LogP contribution >= 0.6 is 0 Å². The van der Waals surface area contributed by atoms with Crippen molar-refractivity contribution >= 4 is 11.9 Å². The van der Waals surface area contributed by atoms with Crippen LogP contribution in [0.2, 0.25) is 0 Å². The number of rotatable bonds is 6. The number of carboxylic acids is 1. The van der Waals surface area contributed by atoms with Crippen molar-refractivity contribution in [1.29, 1.82) is 0 Å². The molecule has 7 nitrogen and oxygen atoms in total. The van der Waals surface area contributed by atoms with E-state index in [0.717, 1.165) is 0 Å². The average molecular weight is 241 g/mol. The summed E-state index contributed by atoms with van der Waals surface area (Å²) in [5, 5.41) is 15.3. The van der Waals surface area contributed by atoms with Gasteiger partial charge in [-0.25, -0.2) is 4.79 Å². The molecule has 0 aliphatic carbocycles. The summed E-state index contributed by atoms with van der Waals surface area (Å²) in [5.74, 6) is -1.49. The second kappa shape index (κ2) is 6.00. The van der Waals surface area contributed by atoms with Crippen LogP contribution in [0.1, 0.15) is 18.0 Å². The van der Waals surface area contributed by atoms with Gasteiger partial charge < -0.3 is 15.2 Å². The number of methoxy groups -OCH3 is 1. The predicted octanol–water partition coefficient (Wildman–Crippen LogP) is -0.301. The van der Waals surface area contributed by atoms with Crippen LogP contribution in [0.15, 0.2) is 12.4 Å². The van der Waals surface area contributed by atoms with E-state index in [1.165, 1.54) is 18.0 Å². The molecule has 1 heterocycles. The van der Waals surface area contributed by atoms with Crippen LogP contribution in [-0.2, 0) is 21.4 Å². The number of ether oxygens (including phenoxy) is 1. The summed E-state index contributed by atoms with van der Waals surface area (Å²) < 4.78 is 6.22. The van der Waals surface area contributed by atoms with Crippen molar-refractivity contribution in [2.75, 3.05) is 13.7 Å². The predicted molar refractivity (Wildman–Crippen MR) is 58.2 cm³/mol. The second-order valence-corrected chi connectivity index (χ2v) is 3.53. The maximum Gasteiger partial charge on any atom is 0.331 e. The second-order valence-electron chi connectivity index (χ2n) is 3.53. The molecule has 1 rings (SSSR count). The number of hydrogen-bond donors (Lipinski definition) is 2. The molecule has 0 fully saturated rings. The Morgan fingerprint density at radius 3 is 2.82 bits per heavy atom. The van der Waals surface area contributed by atoms with Crippen molar-refractivity contribution in [3.8, 4) is 0 Å². The van der Waals surface area contributed by atoms with Gasteiger partial charge in [-0.05, 0) is 0 Å². The summed E-state index contributed by atoms with van der Waals surface area (Å²) in [6, 6.07) is -1.08. The number of carboxylic acid groups (broad SMARTS) is 1. The first kappa shape index (κ1) is 13.2. The van der Waals surface area contributed by atoms with Gasteiger partial charge in [-0.15, -0.1) is 0 Å². The van der Waals surface area contributed by atoms with Gasteiger partial charge in [0.05, 0.1) is 12.8 Å². The molecule has 1 amide bonds. The van der Waals surface area contributed by atoms with E-state index in [2.05, 4.69) is 10.4 Å². The van der Waals surface area contributed by atoms with Crippen LogP contribution in [0.25, 0.3) is 0 Å². The molecule has 0 saturated heterocycles. The third-order valence-corrected chi connectivity index (χ3v) is 2.14. The zero-order valence-corrected chi connectivity index (χ0v) is 9.71. The number of aliphatic carboxylic acids is 1. The third kappa shape index (κ3) is 3.87. The SMILES string of the molecule is COCCC(=O)NC(C(=O)O)c1cnn(C)c1. The van der Waals surface area contributed by atoms with E-state index in [9.17, 15) is 9.59 Å². The Bertz CT molecular complexity index is 402. The minimum absolute atomic E-state index is 0.126. The van der Waals surface area contributed by atoms with E-state index in [4.69, 9.17) is 9.84 Å². The smallest absolute Gasteiger partial charge is 0.331 e. The highest BCUT2D eigenvalue weighted by Gasteiger charge is 2.23. The monoisotopic (exact) mass is 241 g/mol. The number of carbonyl (C=O) groups excluding carboxylic acids is 1. The van der Waals surface area contributed by atoms with Crippen molar-refractivity contribution in [1.82, 2.24) is 15.1 Å². The van der Waals surface area contributed by atoms with Gasteiger partial charge in [-0.1, -0.05) is 0 Å². The van der Waals surface area contributed by atoms with Crippen LogP contribution in [-0.4, -0.2) is 40.5 Å². The molecule has 0 radical (unpaired) electrons. The summed E-state index contributed by atoms with van der Waals surface area (Å²) in [6.45, 7) is 0.255. The van der Waals surface area contributed by atoms with Gasteiger partial charge in [-0.3, -0.25) is 9.48 Å². The van der Waals surface area contributed by atoms with E-state index in [-0.39, 0.29) is 18.9 Å². The Hall–Kier alpha value is -1.89. The number of nitrogens with zero attached hydrogens (tertiary/aromatic N) is 2. The number of nitrogens with one attached hydrogen (secondary N) is 1. The molecule has 1 aromatic rings. The molecular weight excluding hydrogens is 226 g/mol. The van der Waals surface area contributed by atoms with Gasteiger partial charge in [-0.2, -0.15) is 5.10 Å². The maximum absolute atomic E-state index is 11.4. The van der Waals surface area contributed by atoms with Gasteiger partial charge in [0.25, 0.3) is 0 Å². The lowest BCUT2D eigenvalue weighted by atomic mass is 10.1. The first-order chi connectivity index (χ1) is 8.04. The Labute approximate surface area is 98.4 Å². The van der Waals surface area contributed by atoms with Crippen LogP contribution < -0.4 is 5.32 Å². The maximum atomic E-state index is 11.4. The number of hydrogen-bond acceptors (Lipinski definition) is 4. The number of aryl methyl sites for hydroxylation is 1. The molecule has 0 bridgehead atoms. The molecule has 7 heteroatoms. The van der Waals surface area contributed by atoms with Crippen molar-refractivity contribution < 1.29 is 19.4 Å². The Morgan fingerprint density at radius 2 is 2.35 bits per heavy atom. The lowest BCUT2D eigenvalue weighted by molar-refractivity contribution is -0.142. The number of amides is 1. The van der Waals surface area contributed by atoms with Crippen molar-refractivity contribution in [2.24, 2.45) is 7.05 Å². The highest BCUT2D eigenvalue weighted by molar-refractivity contribution is 5.84. The number of aromatic nitrogens is 2. The van der Waals surface area contributed by atoms with Crippen molar-refractivity contribution in [3.05, 3.63) is 18.0 Å². The van der Waals surface area contributed by atoms with E-state index in [1.807, 2.05) is 0 Å². The third-order valence-electron chi connectivity index (χ3n) is 2.14. The first-order valence-corrected chi connectivity index (χ1v) is 5.04. The standard InChI is InChI=1S/C10H15N3O4/c1-13-6-7(5-11-13)9(10(15)16)12-8(14)3-4-17-2/h5-6,9H,3-4H2,1-2H3,(H,12,14)(H,15,16). The molecule has 0 aliphatic heterocycles. The van der Waals surface area contributed by atoms with E-state index >= 15 is 0 Å². The molecule has 17 heavy (non-hydrogen) atoms. The van der Waals surface area contributed by atoms with Crippen molar-refractivity contribution in [3.63, 3.8) is 0 Å². The fourth-order valence-electron chi connectivity index (χ4n) is 1.30.